The van der Waals surface area contributed by atoms with Crippen LogP contribution in [0.25, 0.3) is 0 Å². The lowest BCUT2D eigenvalue weighted by Gasteiger charge is -2.33. The van der Waals surface area contributed by atoms with Gasteiger partial charge in [0, 0.05) is 24.2 Å². The van der Waals surface area contributed by atoms with E-state index < -0.39 is 6.04 Å². The Balaban J connectivity index is 1.27. The van der Waals surface area contributed by atoms with Gasteiger partial charge in [-0.25, -0.2) is 0 Å². The molecule has 3 atom stereocenters. The van der Waals surface area contributed by atoms with Crippen LogP contribution >= 0.6 is 0 Å². The topological polar surface area (TPSA) is 77.1 Å². The predicted octanol–water partition coefficient (Wildman–Crippen LogP) is 2.52. The number of hydrogen-bond acceptors (Lipinski definition) is 5. The number of benzene rings is 2. The fourth-order valence-corrected chi connectivity index (χ4v) is 4.66. The van der Waals surface area contributed by atoms with Gasteiger partial charge >= 0.3 is 0 Å². The number of hydrogen-bond donors (Lipinski definition) is 1. The highest BCUT2D eigenvalue weighted by Crippen LogP contribution is 2.34. The third-order valence-electron chi connectivity index (χ3n) is 6.35. The lowest BCUT2D eigenvalue weighted by Crippen LogP contribution is -2.54. The number of piperidine rings is 1. The van der Waals surface area contributed by atoms with Crippen molar-refractivity contribution in [2.45, 2.75) is 38.1 Å². The van der Waals surface area contributed by atoms with E-state index in [0.717, 1.165) is 17.7 Å². The van der Waals surface area contributed by atoms with Crippen LogP contribution in [0.2, 0.25) is 0 Å². The largest absolute Gasteiger partial charge is 0.493 e. The highest BCUT2D eigenvalue weighted by molar-refractivity contribution is 6.01. The Kier molecular flexibility index (Phi) is 5.28. The molecule has 0 aliphatic carbocycles. The van der Waals surface area contributed by atoms with Crippen molar-refractivity contribution in [2.75, 3.05) is 20.3 Å². The van der Waals surface area contributed by atoms with Gasteiger partial charge in [-0.2, -0.15) is 0 Å². The van der Waals surface area contributed by atoms with Gasteiger partial charge in [0.2, 0.25) is 5.91 Å². The fraction of sp³-hybridized carbons (Fsp3) is 0.417. The van der Waals surface area contributed by atoms with Crippen molar-refractivity contribution in [3.8, 4) is 11.5 Å². The summed E-state index contributed by atoms with van der Waals surface area (Å²) in [6.45, 7) is 1.50. The second-order valence-corrected chi connectivity index (χ2v) is 8.34. The van der Waals surface area contributed by atoms with Crippen LogP contribution in [0.15, 0.2) is 42.5 Å². The molecule has 162 valence electrons. The van der Waals surface area contributed by atoms with Crippen LogP contribution in [0.5, 0.6) is 11.5 Å². The van der Waals surface area contributed by atoms with Crippen LogP contribution < -0.4 is 14.8 Å². The average molecular weight is 422 g/mol. The van der Waals surface area contributed by atoms with E-state index in [0.29, 0.717) is 43.9 Å². The first-order chi connectivity index (χ1) is 15.1. The van der Waals surface area contributed by atoms with Gasteiger partial charge in [0.05, 0.1) is 19.8 Å². The van der Waals surface area contributed by atoms with E-state index in [1.54, 1.807) is 12.0 Å². The van der Waals surface area contributed by atoms with Crippen LogP contribution in [0.4, 0.5) is 0 Å². The van der Waals surface area contributed by atoms with Crippen molar-refractivity contribution in [3.05, 3.63) is 59.2 Å². The molecule has 7 heteroatoms. The molecular formula is C24H26N2O5. The molecule has 0 aromatic heterocycles. The number of para-hydroxylation sites is 1. The van der Waals surface area contributed by atoms with Crippen molar-refractivity contribution in [1.29, 1.82) is 0 Å². The van der Waals surface area contributed by atoms with Crippen LogP contribution in [0.1, 0.15) is 34.3 Å². The Morgan fingerprint density at radius 1 is 1.13 bits per heavy atom. The average Bonchev–Trinajstić information content (AvgIpc) is 3.14. The summed E-state index contributed by atoms with van der Waals surface area (Å²) in [6.07, 6.45) is 1.88. The van der Waals surface area contributed by atoms with Gasteiger partial charge in [-0.3, -0.25) is 9.59 Å². The zero-order valence-corrected chi connectivity index (χ0v) is 17.5. The van der Waals surface area contributed by atoms with Crippen molar-refractivity contribution in [2.24, 2.45) is 5.92 Å². The van der Waals surface area contributed by atoms with Gasteiger partial charge in [-0.15, -0.1) is 0 Å². The van der Waals surface area contributed by atoms with Gasteiger partial charge in [0.1, 0.15) is 23.8 Å². The maximum Gasteiger partial charge on any atom is 0.255 e. The zero-order chi connectivity index (χ0) is 21.4. The molecule has 3 aliphatic rings. The van der Waals surface area contributed by atoms with E-state index >= 15 is 0 Å². The minimum absolute atomic E-state index is 0.119. The monoisotopic (exact) mass is 422 g/mol. The first-order valence-electron chi connectivity index (χ1n) is 10.7. The summed E-state index contributed by atoms with van der Waals surface area (Å²) in [4.78, 5) is 27.2. The maximum atomic E-state index is 13.0. The number of carbonyl (C=O) groups is 2. The lowest BCUT2D eigenvalue weighted by molar-refractivity contribution is -0.133. The molecule has 1 fully saturated rings. The number of nitrogens with one attached hydrogen (secondary N) is 1. The van der Waals surface area contributed by atoms with E-state index in [1.165, 1.54) is 5.56 Å². The normalized spacial score (nSPS) is 24.8. The molecule has 0 saturated carbocycles. The van der Waals surface area contributed by atoms with E-state index in [4.69, 9.17) is 14.2 Å². The number of nitrogens with zero attached hydrogens (tertiary/aromatic N) is 1. The molecule has 1 N–H and O–H groups in total. The molecule has 2 aromatic rings. The Hall–Kier alpha value is -3.06. The number of amides is 2. The van der Waals surface area contributed by atoms with Gasteiger partial charge in [-0.1, -0.05) is 24.3 Å². The molecule has 3 aliphatic heterocycles. The van der Waals surface area contributed by atoms with E-state index in [9.17, 15) is 9.59 Å². The predicted molar refractivity (Wildman–Crippen MR) is 113 cm³/mol. The van der Waals surface area contributed by atoms with Crippen molar-refractivity contribution in [1.82, 2.24) is 10.2 Å². The summed E-state index contributed by atoms with van der Waals surface area (Å²) in [5, 5.41) is 2.83. The van der Waals surface area contributed by atoms with Crippen molar-refractivity contribution < 1.29 is 23.8 Å². The molecule has 3 heterocycles. The molecule has 31 heavy (non-hydrogen) atoms. The quantitative estimate of drug-likeness (QED) is 0.801. The minimum Gasteiger partial charge on any atom is -0.493 e. The Bertz CT molecular complexity index is 1010. The second kappa shape index (κ2) is 8.23. The summed E-state index contributed by atoms with van der Waals surface area (Å²) in [7, 11) is 1.57. The number of fused-ring (bicyclic) bond motifs is 2. The SMILES string of the molecule is COC1CCC(N2Cc3c(OCC4COc5ccccc5C4)cccc3C2=O)C(=O)N1. The van der Waals surface area contributed by atoms with Gasteiger partial charge in [0.25, 0.3) is 5.91 Å². The number of ether oxygens (including phenoxy) is 3. The molecule has 1 saturated heterocycles. The Morgan fingerprint density at radius 2 is 2.00 bits per heavy atom. The summed E-state index contributed by atoms with van der Waals surface area (Å²) in [6, 6.07) is 13.1. The van der Waals surface area contributed by atoms with Gasteiger partial charge < -0.3 is 24.4 Å². The van der Waals surface area contributed by atoms with Gasteiger partial charge in [0.15, 0.2) is 0 Å². The third kappa shape index (κ3) is 3.74. The minimum atomic E-state index is -0.484. The standard InChI is InChI=1S/C24H26N2O5/c1-29-22-10-9-19(23(27)25-22)26-12-18-17(24(26)28)6-4-8-21(18)31-14-15-11-16-5-2-3-7-20(16)30-13-15/h2-8,15,19,22H,9-14H2,1H3,(H,25,27). The Labute approximate surface area is 181 Å². The number of methoxy groups -OCH3 is 1. The van der Waals surface area contributed by atoms with Crippen LogP contribution in [-0.4, -0.2) is 49.3 Å². The first-order valence-corrected chi connectivity index (χ1v) is 10.7. The fourth-order valence-electron chi connectivity index (χ4n) is 4.66. The first kappa shape index (κ1) is 19.9. The summed E-state index contributed by atoms with van der Waals surface area (Å²) in [5.41, 5.74) is 2.66. The lowest BCUT2D eigenvalue weighted by atomic mass is 9.97. The number of rotatable bonds is 5. The molecule has 3 unspecified atom stereocenters. The number of carbonyl (C=O) groups excluding carboxylic acids is 2. The van der Waals surface area contributed by atoms with Crippen molar-refractivity contribution >= 4 is 11.8 Å². The van der Waals surface area contributed by atoms with E-state index in [-0.39, 0.29) is 24.0 Å². The molecular weight excluding hydrogens is 396 g/mol. The highest BCUT2D eigenvalue weighted by Gasteiger charge is 2.40. The summed E-state index contributed by atoms with van der Waals surface area (Å²) < 4.78 is 17.3. The van der Waals surface area contributed by atoms with Crippen LogP contribution in [0, 0.1) is 5.92 Å². The molecule has 5 rings (SSSR count). The zero-order valence-electron chi connectivity index (χ0n) is 17.5. The summed E-state index contributed by atoms with van der Waals surface area (Å²) in [5.74, 6) is 1.61. The van der Waals surface area contributed by atoms with E-state index in [1.807, 2.05) is 36.4 Å². The Morgan fingerprint density at radius 3 is 2.84 bits per heavy atom. The van der Waals surface area contributed by atoms with Crippen LogP contribution in [0.3, 0.4) is 0 Å². The second-order valence-electron chi connectivity index (χ2n) is 8.34. The molecule has 7 nitrogen and oxygen atoms in total. The van der Waals surface area contributed by atoms with Crippen LogP contribution in [-0.2, 0) is 22.5 Å². The molecule has 2 aromatic carbocycles. The smallest absolute Gasteiger partial charge is 0.255 e. The van der Waals surface area contributed by atoms with Crippen molar-refractivity contribution in [3.63, 3.8) is 0 Å². The maximum absolute atomic E-state index is 13.0. The summed E-state index contributed by atoms with van der Waals surface area (Å²) >= 11 is 0. The molecule has 0 spiro atoms. The molecule has 2 amide bonds. The van der Waals surface area contributed by atoms with Gasteiger partial charge in [-0.05, 0) is 43.0 Å². The molecule has 0 bridgehead atoms. The highest BCUT2D eigenvalue weighted by atomic mass is 16.5. The third-order valence-corrected chi connectivity index (χ3v) is 6.35. The van der Waals surface area contributed by atoms with E-state index in [2.05, 4.69) is 11.4 Å². The molecule has 0 radical (unpaired) electrons.